The second kappa shape index (κ2) is 10.9. The van der Waals surface area contributed by atoms with Gasteiger partial charge in [0, 0.05) is 37.4 Å². The number of methoxy groups -OCH3 is 1. The van der Waals surface area contributed by atoms with Crippen LogP contribution in [0.4, 0.5) is 4.39 Å². The minimum absolute atomic E-state index is 0.118. The number of aromatic nitrogens is 3. The van der Waals surface area contributed by atoms with E-state index in [-0.39, 0.29) is 41.2 Å². The van der Waals surface area contributed by atoms with E-state index in [0.29, 0.717) is 34.3 Å². The van der Waals surface area contributed by atoms with Gasteiger partial charge in [-0.3, -0.25) is 14.2 Å². The van der Waals surface area contributed by atoms with Gasteiger partial charge in [-0.2, -0.15) is 0 Å². The molecule has 0 bridgehead atoms. The number of amides is 1. The summed E-state index contributed by atoms with van der Waals surface area (Å²) in [6, 6.07) is 6.51. The van der Waals surface area contributed by atoms with Crippen molar-refractivity contribution in [3.63, 3.8) is 0 Å². The van der Waals surface area contributed by atoms with Crippen LogP contribution in [-0.2, 0) is 28.6 Å². The van der Waals surface area contributed by atoms with Gasteiger partial charge >= 0.3 is 0 Å². The van der Waals surface area contributed by atoms with Crippen molar-refractivity contribution < 1.29 is 24.1 Å². The van der Waals surface area contributed by atoms with Crippen LogP contribution in [0.3, 0.4) is 0 Å². The molecule has 13 heteroatoms. The molecule has 1 aromatic carbocycles. The average Bonchev–Trinajstić information content (AvgIpc) is 3.22. The number of rotatable bonds is 7. The summed E-state index contributed by atoms with van der Waals surface area (Å²) in [5.74, 6) is -1.59. The average molecular weight is 572 g/mol. The second-order valence-electron chi connectivity index (χ2n) is 10.3. The zero-order valence-electron chi connectivity index (χ0n) is 22.3. The summed E-state index contributed by atoms with van der Waals surface area (Å²) < 4.78 is 22.6. The Balaban J connectivity index is 1.80. The lowest BCUT2D eigenvalue weighted by atomic mass is 9.89. The first-order valence-corrected chi connectivity index (χ1v) is 13.8. The minimum atomic E-state index is -3.05. The maximum atomic E-state index is 15.3. The molecule has 1 saturated heterocycles. The van der Waals surface area contributed by atoms with Gasteiger partial charge in [-0.05, 0) is 36.5 Å². The number of pyridine rings is 1. The van der Waals surface area contributed by atoms with Crippen molar-refractivity contribution in [2.45, 2.75) is 55.3 Å². The molecule has 9 nitrogen and oxygen atoms in total. The summed E-state index contributed by atoms with van der Waals surface area (Å²) in [6.45, 7) is 3.51. The van der Waals surface area contributed by atoms with Crippen molar-refractivity contribution in [3.8, 4) is 0 Å². The van der Waals surface area contributed by atoms with E-state index >= 15 is 4.39 Å². The fourth-order valence-electron chi connectivity index (χ4n) is 5.43. The number of aliphatic hydroxyl groups is 2. The summed E-state index contributed by atoms with van der Waals surface area (Å²) in [5.41, 5.74) is -2.23. The molecule has 1 aliphatic rings. The predicted octanol–water partition coefficient (Wildman–Crippen LogP) is 1.83. The molecule has 206 valence electrons. The number of carbonyl (C=O) groups is 1. The molecule has 5 atom stereocenters. The summed E-state index contributed by atoms with van der Waals surface area (Å²) in [6.07, 6.45) is 1.97. The number of benzene rings is 1. The zero-order valence-corrected chi connectivity index (χ0v) is 24.6. The van der Waals surface area contributed by atoms with E-state index in [1.54, 1.807) is 32.2 Å². The highest BCUT2D eigenvalue weighted by atomic mass is 31.1. The summed E-state index contributed by atoms with van der Waals surface area (Å²) in [5, 5.41) is 19.9. The summed E-state index contributed by atoms with van der Waals surface area (Å²) >= 11 is 0. The van der Waals surface area contributed by atoms with Gasteiger partial charge in [-0.15, -0.1) is 18.5 Å². The van der Waals surface area contributed by atoms with Crippen LogP contribution in [0.2, 0.25) is 0 Å². The molecule has 0 saturated carbocycles. The van der Waals surface area contributed by atoms with Crippen molar-refractivity contribution in [1.82, 2.24) is 19.4 Å². The highest BCUT2D eigenvalue weighted by Gasteiger charge is 2.50. The van der Waals surface area contributed by atoms with Crippen LogP contribution in [0.25, 0.3) is 11.0 Å². The van der Waals surface area contributed by atoms with E-state index in [4.69, 9.17) is 12.6 Å². The number of halogens is 1. The summed E-state index contributed by atoms with van der Waals surface area (Å²) in [7, 11) is 13.4. The zero-order chi connectivity index (χ0) is 28.9. The fraction of sp³-hybridized carbons (Fsp3) is 0.462. The number of hydrogen-bond acceptors (Lipinski definition) is 7. The summed E-state index contributed by atoms with van der Waals surface area (Å²) in [4.78, 5) is 36.2. The molecular formula is C26H32BFN4O5P2. The van der Waals surface area contributed by atoms with E-state index in [2.05, 4.69) is 28.4 Å². The molecule has 0 aliphatic carbocycles. The predicted molar refractivity (Wildman–Crippen MR) is 153 cm³/mol. The Morgan fingerprint density at radius 1 is 1.33 bits per heavy atom. The van der Waals surface area contributed by atoms with E-state index < -0.39 is 23.2 Å². The first kappa shape index (κ1) is 29.7. The topological polar surface area (TPSA) is 118 Å². The van der Waals surface area contributed by atoms with Crippen molar-refractivity contribution in [3.05, 3.63) is 69.1 Å². The number of likely N-dealkylation sites (tertiary alicyclic amines) is 1. The van der Waals surface area contributed by atoms with Crippen molar-refractivity contribution in [1.29, 1.82) is 0 Å². The molecular weight excluding hydrogens is 540 g/mol. The maximum Gasteiger partial charge on any atom is 0.271 e. The quantitative estimate of drug-likeness (QED) is 0.252. The van der Waals surface area contributed by atoms with Gasteiger partial charge in [0.15, 0.2) is 13.5 Å². The first-order valence-electron chi connectivity index (χ1n) is 12.4. The van der Waals surface area contributed by atoms with Crippen LogP contribution in [0.1, 0.15) is 54.0 Å². The normalized spacial score (nSPS) is 20.7. The number of nitrogens with zero attached hydrogens (tertiary/aromatic N) is 4. The Morgan fingerprint density at radius 3 is 2.62 bits per heavy atom. The second-order valence-corrected chi connectivity index (χ2v) is 12.5. The minimum Gasteiger partial charge on any atom is -0.371 e. The molecule has 2 radical (unpaired) electrons. The Bertz CT molecular complexity index is 1480. The SMILES string of the molecule is [B]C(O)(O)C(=O)N1CC(OC)(c2cc3c(C[C@H](C)c4cccc(C(P)P)c4F)ncnc3n(C)c2=O)C[C@H]1C. The molecule has 1 fully saturated rings. The van der Waals surface area contributed by atoms with Gasteiger partial charge in [0.1, 0.15) is 23.4 Å². The van der Waals surface area contributed by atoms with Gasteiger partial charge in [0.25, 0.3) is 11.5 Å². The van der Waals surface area contributed by atoms with Gasteiger partial charge < -0.3 is 19.8 Å². The largest absolute Gasteiger partial charge is 0.371 e. The van der Waals surface area contributed by atoms with Crippen molar-refractivity contribution in [2.75, 3.05) is 13.7 Å². The lowest BCUT2D eigenvalue weighted by molar-refractivity contribution is -0.171. The Hall–Kier alpha value is -2.29. The van der Waals surface area contributed by atoms with Crippen molar-refractivity contribution in [2.24, 2.45) is 7.05 Å². The molecule has 39 heavy (non-hydrogen) atoms. The monoisotopic (exact) mass is 572 g/mol. The third kappa shape index (κ3) is 5.40. The lowest BCUT2D eigenvalue weighted by Crippen LogP contribution is -2.51. The van der Waals surface area contributed by atoms with Gasteiger partial charge in [-0.1, -0.05) is 25.1 Å². The van der Waals surface area contributed by atoms with E-state index in [1.165, 1.54) is 22.9 Å². The molecule has 0 spiro atoms. The molecule has 2 aromatic heterocycles. The van der Waals surface area contributed by atoms with Gasteiger partial charge in [0.05, 0.1) is 17.8 Å². The van der Waals surface area contributed by atoms with Crippen LogP contribution in [0, 0.1) is 5.82 Å². The molecule has 3 aromatic rings. The van der Waals surface area contributed by atoms with Crippen LogP contribution in [-0.4, -0.2) is 68.8 Å². The van der Waals surface area contributed by atoms with Crippen LogP contribution in [0.15, 0.2) is 35.4 Å². The highest BCUT2D eigenvalue weighted by Crippen LogP contribution is 2.40. The molecule has 2 N–H and O–H groups in total. The lowest BCUT2D eigenvalue weighted by Gasteiger charge is -2.30. The smallest absolute Gasteiger partial charge is 0.271 e. The van der Waals surface area contributed by atoms with E-state index in [9.17, 15) is 19.8 Å². The fourth-order valence-corrected chi connectivity index (χ4v) is 5.95. The highest BCUT2D eigenvalue weighted by molar-refractivity contribution is 7.37. The Labute approximate surface area is 232 Å². The molecule has 4 rings (SSSR count). The van der Waals surface area contributed by atoms with E-state index in [1.807, 2.05) is 13.0 Å². The standard InChI is InChI=1S/C26H32BFN4O5P2/c1-13(15-6-5-7-16(20(15)28)23(38)39)8-19-17-9-18(22(33)31(3)21(17)30-12-29-19)25(37-4)10-14(2)32(11-25)24(34)26(27,35)36/h5-7,9,12-14,23,35-36H,8,10-11,38-39H2,1-4H3/t13-,14+,25?/m0/s1. The number of fused-ring (bicyclic) bond motifs is 1. The van der Waals surface area contributed by atoms with Crippen LogP contribution in [0.5, 0.6) is 0 Å². The van der Waals surface area contributed by atoms with Crippen LogP contribution >= 0.6 is 18.5 Å². The van der Waals surface area contributed by atoms with Gasteiger partial charge in [-0.25, -0.2) is 14.4 Å². The number of hydrogen-bond donors (Lipinski definition) is 2. The first-order chi connectivity index (χ1) is 18.2. The molecule has 3 unspecified atom stereocenters. The van der Waals surface area contributed by atoms with Crippen LogP contribution < -0.4 is 5.56 Å². The number of ether oxygens (including phenoxy) is 1. The van der Waals surface area contributed by atoms with Crippen molar-refractivity contribution >= 4 is 43.3 Å². The number of carbonyl (C=O) groups excluding carboxylic acids is 1. The van der Waals surface area contributed by atoms with Gasteiger partial charge in [0.2, 0.25) is 0 Å². The Kier molecular flexibility index (Phi) is 8.33. The number of aryl methyl sites for hydroxylation is 1. The third-order valence-electron chi connectivity index (χ3n) is 7.58. The third-order valence-corrected chi connectivity index (χ3v) is 8.29. The van der Waals surface area contributed by atoms with E-state index in [0.717, 1.165) is 0 Å². The maximum absolute atomic E-state index is 15.3. The Morgan fingerprint density at radius 2 is 2.00 bits per heavy atom. The molecule has 1 aliphatic heterocycles. The molecule has 3 heterocycles. The molecule has 1 amide bonds.